The van der Waals surface area contributed by atoms with Gasteiger partial charge in [0, 0.05) is 47.6 Å². The number of fused-ring (bicyclic) bond motifs is 1. The lowest BCUT2D eigenvalue weighted by molar-refractivity contribution is 0.0533. The fourth-order valence-electron chi connectivity index (χ4n) is 2.51. The van der Waals surface area contributed by atoms with Crippen molar-refractivity contribution in [3.63, 3.8) is 0 Å². The van der Waals surface area contributed by atoms with E-state index < -0.39 is 0 Å². The number of nitrogens with zero attached hydrogens (tertiary/aromatic N) is 2. The zero-order chi connectivity index (χ0) is 12.5. The molecule has 1 atom stereocenters. The Morgan fingerprint density at radius 3 is 3.06 bits per heavy atom. The SMILES string of the molecule is CC1CN(c2ccc(N)c3ccncc23)CCO1. The predicted octanol–water partition coefficient (Wildman–Crippen LogP) is 2.04. The van der Waals surface area contributed by atoms with Gasteiger partial charge in [0.1, 0.15) is 0 Å². The Labute approximate surface area is 106 Å². The summed E-state index contributed by atoms with van der Waals surface area (Å²) < 4.78 is 5.58. The van der Waals surface area contributed by atoms with Crippen LogP contribution < -0.4 is 10.6 Å². The van der Waals surface area contributed by atoms with Gasteiger partial charge in [-0.05, 0) is 25.1 Å². The van der Waals surface area contributed by atoms with Crippen molar-refractivity contribution < 1.29 is 4.74 Å². The largest absolute Gasteiger partial charge is 0.398 e. The normalized spacial score (nSPS) is 20.3. The van der Waals surface area contributed by atoms with Gasteiger partial charge >= 0.3 is 0 Å². The minimum Gasteiger partial charge on any atom is -0.398 e. The number of rotatable bonds is 1. The number of anilines is 2. The van der Waals surface area contributed by atoms with Crippen LogP contribution in [0, 0.1) is 0 Å². The summed E-state index contributed by atoms with van der Waals surface area (Å²) in [5.74, 6) is 0. The van der Waals surface area contributed by atoms with Crippen LogP contribution in [-0.2, 0) is 4.74 Å². The molecule has 1 aliphatic heterocycles. The average molecular weight is 243 g/mol. The highest BCUT2D eigenvalue weighted by Gasteiger charge is 2.19. The Bertz CT molecular complexity index is 570. The van der Waals surface area contributed by atoms with Crippen molar-refractivity contribution in [2.24, 2.45) is 0 Å². The minimum absolute atomic E-state index is 0.267. The molecule has 3 rings (SSSR count). The molecule has 2 aromatic rings. The van der Waals surface area contributed by atoms with Crippen LogP contribution in [-0.4, -0.2) is 30.8 Å². The molecule has 0 saturated carbocycles. The van der Waals surface area contributed by atoms with Crippen molar-refractivity contribution in [1.82, 2.24) is 4.98 Å². The highest BCUT2D eigenvalue weighted by molar-refractivity contribution is 6.00. The van der Waals surface area contributed by atoms with Crippen molar-refractivity contribution in [2.45, 2.75) is 13.0 Å². The summed E-state index contributed by atoms with van der Waals surface area (Å²) in [6.45, 7) is 4.70. The summed E-state index contributed by atoms with van der Waals surface area (Å²) in [7, 11) is 0. The molecule has 2 heterocycles. The molecule has 0 bridgehead atoms. The van der Waals surface area contributed by atoms with E-state index in [9.17, 15) is 0 Å². The lowest BCUT2D eigenvalue weighted by atomic mass is 10.1. The molecule has 0 spiro atoms. The first-order valence-electron chi connectivity index (χ1n) is 6.24. The highest BCUT2D eigenvalue weighted by atomic mass is 16.5. The van der Waals surface area contributed by atoms with Crippen molar-refractivity contribution in [3.8, 4) is 0 Å². The van der Waals surface area contributed by atoms with Crippen LogP contribution in [0.15, 0.2) is 30.6 Å². The number of hydrogen-bond acceptors (Lipinski definition) is 4. The molecule has 0 radical (unpaired) electrons. The topological polar surface area (TPSA) is 51.4 Å². The van der Waals surface area contributed by atoms with Crippen LogP contribution in [0.1, 0.15) is 6.92 Å². The van der Waals surface area contributed by atoms with E-state index in [0.717, 1.165) is 36.2 Å². The summed E-state index contributed by atoms with van der Waals surface area (Å²) in [4.78, 5) is 6.56. The Kier molecular flexibility index (Phi) is 2.80. The van der Waals surface area contributed by atoms with Crippen LogP contribution >= 0.6 is 0 Å². The Morgan fingerprint density at radius 2 is 2.22 bits per heavy atom. The quantitative estimate of drug-likeness (QED) is 0.779. The maximum atomic E-state index is 6.01. The maximum Gasteiger partial charge on any atom is 0.0722 e. The van der Waals surface area contributed by atoms with Crippen LogP contribution in [0.2, 0.25) is 0 Å². The molecule has 0 amide bonds. The summed E-state index contributed by atoms with van der Waals surface area (Å²) in [6, 6.07) is 6.02. The van der Waals surface area contributed by atoms with Crippen molar-refractivity contribution in [3.05, 3.63) is 30.6 Å². The van der Waals surface area contributed by atoms with Gasteiger partial charge < -0.3 is 15.4 Å². The number of benzene rings is 1. The molecule has 4 nitrogen and oxygen atoms in total. The third-order valence-corrected chi connectivity index (χ3v) is 3.41. The van der Waals surface area contributed by atoms with E-state index in [1.807, 2.05) is 18.3 Å². The number of nitrogen functional groups attached to an aromatic ring is 1. The number of morpholine rings is 1. The third kappa shape index (κ3) is 1.88. The molecule has 0 aliphatic carbocycles. The number of nitrogens with two attached hydrogens (primary N) is 1. The van der Waals surface area contributed by atoms with Gasteiger partial charge in [-0.15, -0.1) is 0 Å². The average Bonchev–Trinajstić information content (AvgIpc) is 2.39. The van der Waals surface area contributed by atoms with Crippen LogP contribution in [0.25, 0.3) is 10.8 Å². The monoisotopic (exact) mass is 243 g/mol. The van der Waals surface area contributed by atoms with Crippen molar-refractivity contribution in [2.75, 3.05) is 30.3 Å². The molecule has 2 N–H and O–H groups in total. The zero-order valence-corrected chi connectivity index (χ0v) is 10.5. The van der Waals surface area contributed by atoms with Gasteiger partial charge in [-0.3, -0.25) is 4.98 Å². The molecule has 18 heavy (non-hydrogen) atoms. The Balaban J connectivity index is 2.09. The molecule has 1 aromatic carbocycles. The number of hydrogen-bond donors (Lipinski definition) is 1. The lowest BCUT2D eigenvalue weighted by Gasteiger charge is -2.33. The van der Waals surface area contributed by atoms with Gasteiger partial charge in [0.05, 0.1) is 12.7 Å². The second-order valence-corrected chi connectivity index (χ2v) is 4.72. The van der Waals surface area contributed by atoms with E-state index in [1.54, 1.807) is 6.20 Å². The van der Waals surface area contributed by atoms with E-state index in [2.05, 4.69) is 22.9 Å². The second-order valence-electron chi connectivity index (χ2n) is 4.72. The highest BCUT2D eigenvalue weighted by Crippen LogP contribution is 2.31. The summed E-state index contributed by atoms with van der Waals surface area (Å²) in [6.07, 6.45) is 3.94. The van der Waals surface area contributed by atoms with Gasteiger partial charge in [0.2, 0.25) is 0 Å². The molecule has 1 saturated heterocycles. The Hall–Kier alpha value is -1.81. The maximum absolute atomic E-state index is 6.01. The van der Waals surface area contributed by atoms with Crippen LogP contribution in [0.3, 0.4) is 0 Å². The zero-order valence-electron chi connectivity index (χ0n) is 10.5. The van der Waals surface area contributed by atoms with E-state index in [0.29, 0.717) is 0 Å². The smallest absolute Gasteiger partial charge is 0.0722 e. The van der Waals surface area contributed by atoms with Crippen molar-refractivity contribution >= 4 is 22.1 Å². The van der Waals surface area contributed by atoms with E-state index in [4.69, 9.17) is 10.5 Å². The van der Waals surface area contributed by atoms with Gasteiger partial charge in [0.15, 0.2) is 0 Å². The molecule has 94 valence electrons. The molecular weight excluding hydrogens is 226 g/mol. The van der Waals surface area contributed by atoms with Crippen LogP contribution in [0.4, 0.5) is 11.4 Å². The van der Waals surface area contributed by atoms with E-state index in [1.165, 1.54) is 5.69 Å². The van der Waals surface area contributed by atoms with Crippen molar-refractivity contribution in [1.29, 1.82) is 0 Å². The summed E-state index contributed by atoms with van der Waals surface area (Å²) >= 11 is 0. The van der Waals surface area contributed by atoms with Crippen LogP contribution in [0.5, 0.6) is 0 Å². The van der Waals surface area contributed by atoms with E-state index >= 15 is 0 Å². The number of pyridine rings is 1. The fraction of sp³-hybridized carbons (Fsp3) is 0.357. The molecule has 1 aliphatic rings. The summed E-state index contributed by atoms with van der Waals surface area (Å²) in [5.41, 5.74) is 8.01. The van der Waals surface area contributed by atoms with Gasteiger partial charge in [-0.2, -0.15) is 0 Å². The number of ether oxygens (including phenoxy) is 1. The van der Waals surface area contributed by atoms with E-state index in [-0.39, 0.29) is 6.10 Å². The van der Waals surface area contributed by atoms with Gasteiger partial charge in [-0.25, -0.2) is 0 Å². The van der Waals surface area contributed by atoms with Gasteiger partial charge in [-0.1, -0.05) is 0 Å². The lowest BCUT2D eigenvalue weighted by Crippen LogP contribution is -2.41. The molecule has 1 aromatic heterocycles. The minimum atomic E-state index is 0.267. The second kappa shape index (κ2) is 4.46. The van der Waals surface area contributed by atoms with Gasteiger partial charge in [0.25, 0.3) is 0 Å². The molecule has 1 unspecified atom stereocenters. The molecule has 4 heteroatoms. The standard InChI is InChI=1S/C14H17N3O/c1-10-9-17(6-7-18-10)14-3-2-13(15)11-4-5-16-8-12(11)14/h2-5,8,10H,6-7,9,15H2,1H3. The first-order valence-corrected chi connectivity index (χ1v) is 6.24. The third-order valence-electron chi connectivity index (χ3n) is 3.41. The fourth-order valence-corrected chi connectivity index (χ4v) is 2.51. The predicted molar refractivity (Wildman–Crippen MR) is 73.8 cm³/mol. The molecule has 1 fully saturated rings. The number of aromatic nitrogens is 1. The first-order chi connectivity index (χ1) is 8.75. The summed E-state index contributed by atoms with van der Waals surface area (Å²) in [5, 5.41) is 2.19. The Morgan fingerprint density at radius 1 is 1.33 bits per heavy atom. The first kappa shape index (κ1) is 11.3. The molecular formula is C14H17N3O.